The number of hydrogen-bond donors (Lipinski definition) is 1. The third kappa shape index (κ3) is 4.08. The van der Waals surface area contributed by atoms with Crippen LogP contribution in [0.2, 0.25) is 5.04 Å². The molecule has 0 bridgehead atoms. The van der Waals surface area contributed by atoms with Crippen LogP contribution in [0.1, 0.15) is 44.4 Å². The molecule has 0 radical (unpaired) electrons. The summed E-state index contributed by atoms with van der Waals surface area (Å²) in [6, 6.07) is 29.3. The van der Waals surface area contributed by atoms with Crippen molar-refractivity contribution in [3.8, 4) is 0 Å². The number of fused-ring (bicyclic) bond motifs is 1. The summed E-state index contributed by atoms with van der Waals surface area (Å²) in [6.07, 6.45) is 2.61. The fourth-order valence-corrected chi connectivity index (χ4v) is 9.51. The van der Waals surface area contributed by atoms with Gasteiger partial charge in [-0.25, -0.2) is 4.79 Å². The molecule has 0 saturated heterocycles. The summed E-state index contributed by atoms with van der Waals surface area (Å²) in [6.45, 7) is 6.79. The zero-order valence-electron chi connectivity index (χ0n) is 18.9. The van der Waals surface area contributed by atoms with E-state index in [4.69, 9.17) is 4.43 Å². The molecule has 0 heterocycles. The van der Waals surface area contributed by atoms with Gasteiger partial charge in [-0.3, -0.25) is 0 Å². The number of rotatable bonds is 5. The molecule has 1 unspecified atom stereocenters. The lowest BCUT2D eigenvalue weighted by Crippen LogP contribution is -2.66. The predicted molar refractivity (Wildman–Crippen MR) is 132 cm³/mol. The first-order chi connectivity index (χ1) is 15.3. The number of carboxylic acid groups (broad SMARTS) is 1. The third-order valence-electron chi connectivity index (χ3n) is 6.37. The molecule has 0 saturated carbocycles. The Morgan fingerprint density at radius 1 is 0.875 bits per heavy atom. The smallest absolute Gasteiger partial charge is 0.331 e. The van der Waals surface area contributed by atoms with Gasteiger partial charge in [0.1, 0.15) is 0 Å². The second kappa shape index (κ2) is 8.89. The van der Waals surface area contributed by atoms with E-state index in [1.165, 1.54) is 10.4 Å². The summed E-state index contributed by atoms with van der Waals surface area (Å²) < 4.78 is 7.35. The van der Waals surface area contributed by atoms with E-state index < -0.39 is 14.3 Å². The van der Waals surface area contributed by atoms with Crippen molar-refractivity contribution in [3.05, 3.63) is 108 Å². The Labute approximate surface area is 191 Å². The summed E-state index contributed by atoms with van der Waals surface area (Å²) >= 11 is 0. The first kappa shape index (κ1) is 22.2. The summed E-state index contributed by atoms with van der Waals surface area (Å²) in [5.74, 6) is -0.856. The highest BCUT2D eigenvalue weighted by molar-refractivity contribution is 6.99. The molecule has 3 aromatic rings. The van der Waals surface area contributed by atoms with Gasteiger partial charge in [0.2, 0.25) is 0 Å². The molecule has 164 valence electrons. The van der Waals surface area contributed by atoms with Crippen LogP contribution in [0.4, 0.5) is 0 Å². The molecule has 4 rings (SSSR count). The second-order valence-corrected chi connectivity index (χ2v) is 13.7. The van der Waals surface area contributed by atoms with Gasteiger partial charge in [0.05, 0.1) is 6.10 Å². The van der Waals surface area contributed by atoms with Crippen molar-refractivity contribution in [3.63, 3.8) is 0 Å². The molecule has 4 heteroatoms. The van der Waals surface area contributed by atoms with Gasteiger partial charge >= 0.3 is 5.97 Å². The van der Waals surface area contributed by atoms with Crippen LogP contribution in [0, 0.1) is 0 Å². The summed E-state index contributed by atoms with van der Waals surface area (Å²) in [5, 5.41) is 12.0. The maximum atomic E-state index is 11.8. The molecular weight excluding hydrogens is 412 g/mol. The zero-order valence-corrected chi connectivity index (χ0v) is 19.9. The molecule has 0 amide bonds. The van der Waals surface area contributed by atoms with Crippen LogP contribution in [0.25, 0.3) is 0 Å². The Balaban J connectivity index is 1.91. The van der Waals surface area contributed by atoms with Crippen molar-refractivity contribution in [2.45, 2.75) is 44.8 Å². The second-order valence-electron chi connectivity index (χ2n) is 9.42. The Hall–Kier alpha value is -2.95. The van der Waals surface area contributed by atoms with Crippen LogP contribution in [0.5, 0.6) is 0 Å². The first-order valence-electron chi connectivity index (χ1n) is 11.1. The molecule has 32 heavy (non-hydrogen) atoms. The van der Waals surface area contributed by atoms with Gasteiger partial charge in [-0.1, -0.05) is 112 Å². The minimum atomic E-state index is -2.75. The van der Waals surface area contributed by atoms with Crippen molar-refractivity contribution in [2.24, 2.45) is 0 Å². The fraction of sp³-hybridized carbons (Fsp3) is 0.250. The SMILES string of the molecule is CC(C)(C)[Si](OC1CC=C(C(=O)O)Cc2ccccc21)(c1ccccc1)c1ccccc1. The molecule has 0 aliphatic heterocycles. The van der Waals surface area contributed by atoms with Crippen LogP contribution < -0.4 is 10.4 Å². The molecule has 0 fully saturated rings. The van der Waals surface area contributed by atoms with Crippen LogP contribution in [0.3, 0.4) is 0 Å². The molecule has 1 aliphatic carbocycles. The van der Waals surface area contributed by atoms with E-state index in [9.17, 15) is 9.90 Å². The fourth-order valence-electron chi connectivity index (χ4n) is 4.84. The highest BCUT2D eigenvalue weighted by Gasteiger charge is 2.51. The van der Waals surface area contributed by atoms with Crippen molar-refractivity contribution < 1.29 is 14.3 Å². The zero-order chi connectivity index (χ0) is 22.8. The van der Waals surface area contributed by atoms with E-state index in [-0.39, 0.29) is 11.1 Å². The highest BCUT2D eigenvalue weighted by atomic mass is 28.4. The van der Waals surface area contributed by atoms with Crippen molar-refractivity contribution in [1.82, 2.24) is 0 Å². The van der Waals surface area contributed by atoms with Crippen molar-refractivity contribution >= 4 is 24.7 Å². The number of carbonyl (C=O) groups is 1. The Morgan fingerprint density at radius 3 is 1.94 bits per heavy atom. The quantitative estimate of drug-likeness (QED) is 0.548. The molecule has 1 N–H and O–H groups in total. The summed E-state index contributed by atoms with van der Waals surface area (Å²) in [4.78, 5) is 11.8. The van der Waals surface area contributed by atoms with E-state index in [1.807, 2.05) is 36.4 Å². The lowest BCUT2D eigenvalue weighted by atomic mass is 9.99. The molecular formula is C28H30O3Si. The van der Waals surface area contributed by atoms with Gasteiger partial charge in [0.25, 0.3) is 8.32 Å². The van der Waals surface area contributed by atoms with Crippen molar-refractivity contribution in [2.75, 3.05) is 0 Å². The van der Waals surface area contributed by atoms with Gasteiger partial charge in [-0.05, 0) is 33.0 Å². The number of carboxylic acids is 1. The maximum absolute atomic E-state index is 11.8. The Morgan fingerprint density at radius 2 is 1.41 bits per heavy atom. The van der Waals surface area contributed by atoms with Crippen LogP contribution in [-0.2, 0) is 15.6 Å². The van der Waals surface area contributed by atoms with E-state index in [0.29, 0.717) is 18.4 Å². The molecule has 0 spiro atoms. The number of aliphatic carboxylic acids is 1. The van der Waals surface area contributed by atoms with E-state index in [0.717, 1.165) is 11.1 Å². The normalized spacial score (nSPS) is 16.6. The third-order valence-corrected chi connectivity index (χ3v) is 11.4. The summed E-state index contributed by atoms with van der Waals surface area (Å²) in [5.41, 5.74) is 2.56. The first-order valence-corrected chi connectivity index (χ1v) is 13.0. The predicted octanol–water partition coefficient (Wildman–Crippen LogP) is 5.26. The number of benzene rings is 3. The standard InChI is InChI=1S/C28H30O3Si/c1-28(2,3)32(23-13-6-4-7-14-23,24-15-8-5-9-16-24)31-26-19-18-22(27(29)30)20-21-12-10-11-17-25(21)26/h4-18,26H,19-20H2,1-3H3,(H,29,30). The van der Waals surface area contributed by atoms with Gasteiger partial charge in [0.15, 0.2) is 0 Å². The van der Waals surface area contributed by atoms with Crippen LogP contribution >= 0.6 is 0 Å². The van der Waals surface area contributed by atoms with E-state index in [2.05, 4.69) is 75.4 Å². The minimum Gasteiger partial charge on any atom is -0.478 e. The average Bonchev–Trinajstić information content (AvgIpc) is 2.97. The Bertz CT molecular complexity index is 1070. The largest absolute Gasteiger partial charge is 0.478 e. The molecule has 1 aliphatic rings. The van der Waals surface area contributed by atoms with Gasteiger partial charge in [0, 0.05) is 12.0 Å². The monoisotopic (exact) mass is 442 g/mol. The molecule has 3 aromatic carbocycles. The maximum Gasteiger partial charge on any atom is 0.331 e. The molecule has 0 aromatic heterocycles. The highest BCUT2D eigenvalue weighted by Crippen LogP contribution is 2.42. The minimum absolute atomic E-state index is 0.143. The Kier molecular flexibility index (Phi) is 6.18. The van der Waals surface area contributed by atoms with Crippen molar-refractivity contribution in [1.29, 1.82) is 0 Å². The lowest BCUT2D eigenvalue weighted by Gasteiger charge is -2.45. The lowest BCUT2D eigenvalue weighted by molar-refractivity contribution is -0.132. The summed E-state index contributed by atoms with van der Waals surface area (Å²) in [7, 11) is -2.75. The van der Waals surface area contributed by atoms with Gasteiger partial charge in [-0.2, -0.15) is 0 Å². The number of hydrogen-bond acceptors (Lipinski definition) is 2. The topological polar surface area (TPSA) is 46.5 Å². The van der Waals surface area contributed by atoms with Crippen LogP contribution in [-0.4, -0.2) is 19.4 Å². The van der Waals surface area contributed by atoms with Gasteiger partial charge < -0.3 is 9.53 Å². The van der Waals surface area contributed by atoms with E-state index in [1.54, 1.807) is 0 Å². The van der Waals surface area contributed by atoms with Gasteiger partial charge in [-0.15, -0.1) is 0 Å². The van der Waals surface area contributed by atoms with Crippen LogP contribution in [0.15, 0.2) is 96.6 Å². The molecule has 3 nitrogen and oxygen atoms in total. The van der Waals surface area contributed by atoms with E-state index >= 15 is 0 Å². The molecule has 1 atom stereocenters. The average molecular weight is 443 g/mol.